The number of hydrogen-bond donors (Lipinski definition) is 1. The van der Waals surface area contributed by atoms with Crippen LogP contribution in [0, 0.1) is 5.92 Å². The number of likely N-dealkylation sites (tertiary alicyclic amines) is 1. The molecule has 1 heterocycles. The molecule has 0 aromatic rings. The number of ether oxygens (including phenoxy) is 1. The van der Waals surface area contributed by atoms with Crippen LogP contribution in [0.1, 0.15) is 39.0 Å². The zero-order valence-corrected chi connectivity index (χ0v) is 10.7. The average molecular weight is 226 g/mol. The topological polar surface area (TPSA) is 38.5 Å². The second-order valence-electron chi connectivity index (χ2n) is 5.72. The van der Waals surface area contributed by atoms with Crippen molar-refractivity contribution in [1.82, 2.24) is 4.90 Å². The molecule has 2 N–H and O–H groups in total. The molecule has 0 bridgehead atoms. The Morgan fingerprint density at radius 1 is 1.44 bits per heavy atom. The van der Waals surface area contributed by atoms with Gasteiger partial charge < -0.3 is 10.5 Å². The van der Waals surface area contributed by atoms with Crippen molar-refractivity contribution in [3.8, 4) is 0 Å². The van der Waals surface area contributed by atoms with E-state index in [2.05, 4.69) is 11.8 Å². The summed E-state index contributed by atoms with van der Waals surface area (Å²) in [7, 11) is 1.83. The highest BCUT2D eigenvalue weighted by Gasteiger charge is 2.42. The summed E-state index contributed by atoms with van der Waals surface area (Å²) in [6.45, 7) is 5.47. The third-order valence-electron chi connectivity index (χ3n) is 4.59. The van der Waals surface area contributed by atoms with Gasteiger partial charge in [-0.1, -0.05) is 6.92 Å². The smallest absolute Gasteiger partial charge is 0.0698 e. The standard InChI is InChI=1S/C13H26N2O/c1-11-5-6-13(8-11,10-14)15-7-3-4-12(9-15)16-2/h11-12H,3-10,14H2,1-2H3. The van der Waals surface area contributed by atoms with Crippen molar-refractivity contribution in [2.24, 2.45) is 11.7 Å². The summed E-state index contributed by atoms with van der Waals surface area (Å²) in [5.41, 5.74) is 6.35. The largest absolute Gasteiger partial charge is 0.380 e. The highest BCUT2D eigenvalue weighted by molar-refractivity contribution is 4.99. The van der Waals surface area contributed by atoms with Gasteiger partial charge in [0.25, 0.3) is 0 Å². The van der Waals surface area contributed by atoms with Crippen molar-refractivity contribution in [3.05, 3.63) is 0 Å². The van der Waals surface area contributed by atoms with Crippen LogP contribution in [-0.4, -0.2) is 43.3 Å². The first-order valence-corrected chi connectivity index (χ1v) is 6.68. The molecule has 0 aromatic heterocycles. The van der Waals surface area contributed by atoms with Crippen molar-refractivity contribution in [1.29, 1.82) is 0 Å². The van der Waals surface area contributed by atoms with Crippen molar-refractivity contribution in [2.75, 3.05) is 26.7 Å². The first kappa shape index (κ1) is 12.3. The minimum atomic E-state index is 0.288. The molecule has 3 unspecified atom stereocenters. The van der Waals surface area contributed by atoms with E-state index >= 15 is 0 Å². The summed E-state index contributed by atoms with van der Waals surface area (Å²) >= 11 is 0. The molecule has 1 aliphatic carbocycles. The fraction of sp³-hybridized carbons (Fsp3) is 1.00. The van der Waals surface area contributed by atoms with Gasteiger partial charge in [0.1, 0.15) is 0 Å². The molecule has 0 radical (unpaired) electrons. The number of nitrogens with zero attached hydrogens (tertiary/aromatic N) is 1. The van der Waals surface area contributed by atoms with E-state index in [1.807, 2.05) is 7.11 Å². The molecule has 0 spiro atoms. The first-order valence-electron chi connectivity index (χ1n) is 6.68. The Morgan fingerprint density at radius 3 is 2.81 bits per heavy atom. The molecule has 2 rings (SSSR count). The van der Waals surface area contributed by atoms with Gasteiger partial charge in [0.05, 0.1) is 6.10 Å². The number of methoxy groups -OCH3 is 1. The third kappa shape index (κ3) is 2.27. The minimum absolute atomic E-state index is 0.288. The minimum Gasteiger partial charge on any atom is -0.380 e. The SMILES string of the molecule is COC1CCCN(C2(CN)CCC(C)C2)C1. The monoisotopic (exact) mass is 226 g/mol. The van der Waals surface area contributed by atoms with E-state index in [0.717, 1.165) is 19.0 Å². The number of hydrogen-bond acceptors (Lipinski definition) is 3. The summed E-state index contributed by atoms with van der Waals surface area (Å²) in [6.07, 6.45) is 6.79. The van der Waals surface area contributed by atoms with Crippen molar-refractivity contribution in [2.45, 2.75) is 50.7 Å². The highest BCUT2D eigenvalue weighted by atomic mass is 16.5. The van der Waals surface area contributed by atoms with Crippen LogP contribution in [0.3, 0.4) is 0 Å². The lowest BCUT2D eigenvalue weighted by Crippen LogP contribution is -2.56. The molecule has 0 amide bonds. The van der Waals surface area contributed by atoms with E-state index < -0.39 is 0 Å². The van der Waals surface area contributed by atoms with Crippen LogP contribution in [-0.2, 0) is 4.74 Å². The van der Waals surface area contributed by atoms with Gasteiger partial charge in [-0.05, 0) is 44.6 Å². The van der Waals surface area contributed by atoms with E-state index in [1.165, 1.54) is 38.6 Å². The molecule has 3 nitrogen and oxygen atoms in total. The lowest BCUT2D eigenvalue weighted by Gasteiger charge is -2.45. The van der Waals surface area contributed by atoms with Gasteiger partial charge in [-0.25, -0.2) is 0 Å². The van der Waals surface area contributed by atoms with Crippen molar-refractivity contribution >= 4 is 0 Å². The van der Waals surface area contributed by atoms with Gasteiger partial charge in [0.2, 0.25) is 0 Å². The van der Waals surface area contributed by atoms with Crippen LogP contribution in [0.15, 0.2) is 0 Å². The lowest BCUT2D eigenvalue weighted by molar-refractivity contribution is -0.0163. The fourth-order valence-corrected chi connectivity index (χ4v) is 3.53. The summed E-state index contributed by atoms with van der Waals surface area (Å²) < 4.78 is 5.51. The first-order chi connectivity index (χ1) is 7.70. The fourth-order valence-electron chi connectivity index (χ4n) is 3.53. The molecule has 3 heteroatoms. The predicted molar refractivity (Wildman–Crippen MR) is 66.4 cm³/mol. The molecule has 16 heavy (non-hydrogen) atoms. The normalized spacial score (nSPS) is 41.4. The Balaban J connectivity index is 2.03. The van der Waals surface area contributed by atoms with Crippen molar-refractivity contribution in [3.63, 3.8) is 0 Å². The Kier molecular flexibility index (Phi) is 3.88. The van der Waals surface area contributed by atoms with Gasteiger partial charge in [-0.15, -0.1) is 0 Å². The molecule has 2 aliphatic rings. The zero-order valence-electron chi connectivity index (χ0n) is 10.7. The van der Waals surface area contributed by atoms with Gasteiger partial charge in [0.15, 0.2) is 0 Å². The molecule has 0 aromatic carbocycles. The van der Waals surface area contributed by atoms with Crippen LogP contribution in [0.2, 0.25) is 0 Å². The Morgan fingerprint density at radius 2 is 2.25 bits per heavy atom. The maximum atomic E-state index is 6.07. The van der Waals surface area contributed by atoms with Crippen LogP contribution in [0.5, 0.6) is 0 Å². The summed E-state index contributed by atoms with van der Waals surface area (Å²) in [6, 6.07) is 0. The predicted octanol–water partition coefficient (Wildman–Crippen LogP) is 1.61. The Bertz CT molecular complexity index is 234. The molecule has 1 saturated carbocycles. The van der Waals surface area contributed by atoms with E-state index in [9.17, 15) is 0 Å². The van der Waals surface area contributed by atoms with Crippen molar-refractivity contribution < 1.29 is 4.74 Å². The molecule has 3 atom stereocenters. The van der Waals surface area contributed by atoms with E-state index in [4.69, 9.17) is 10.5 Å². The quantitative estimate of drug-likeness (QED) is 0.794. The molecule has 1 saturated heterocycles. The zero-order chi connectivity index (χ0) is 11.6. The van der Waals surface area contributed by atoms with Gasteiger partial charge in [0, 0.05) is 25.7 Å². The summed E-state index contributed by atoms with van der Waals surface area (Å²) in [4.78, 5) is 2.62. The molecule has 1 aliphatic heterocycles. The average Bonchev–Trinajstić information content (AvgIpc) is 2.72. The lowest BCUT2D eigenvalue weighted by atomic mass is 9.91. The van der Waals surface area contributed by atoms with Gasteiger partial charge >= 0.3 is 0 Å². The maximum absolute atomic E-state index is 6.07. The second-order valence-corrected chi connectivity index (χ2v) is 5.72. The van der Waals surface area contributed by atoms with Gasteiger partial charge in [-0.2, -0.15) is 0 Å². The number of rotatable bonds is 3. The molecular formula is C13H26N2O. The Labute approximate surface area is 99.3 Å². The van der Waals surface area contributed by atoms with E-state index in [0.29, 0.717) is 6.10 Å². The third-order valence-corrected chi connectivity index (χ3v) is 4.59. The molecule has 2 fully saturated rings. The number of nitrogens with two attached hydrogens (primary N) is 1. The molecule has 94 valence electrons. The van der Waals surface area contributed by atoms with E-state index in [1.54, 1.807) is 0 Å². The molecular weight excluding hydrogens is 200 g/mol. The maximum Gasteiger partial charge on any atom is 0.0698 e. The van der Waals surface area contributed by atoms with Crippen LogP contribution in [0.25, 0.3) is 0 Å². The number of piperidine rings is 1. The van der Waals surface area contributed by atoms with Gasteiger partial charge in [-0.3, -0.25) is 4.90 Å². The summed E-state index contributed by atoms with van der Waals surface area (Å²) in [5.74, 6) is 0.839. The van der Waals surface area contributed by atoms with Crippen LogP contribution >= 0.6 is 0 Å². The van der Waals surface area contributed by atoms with E-state index in [-0.39, 0.29) is 5.54 Å². The Hall–Kier alpha value is -0.120. The summed E-state index contributed by atoms with van der Waals surface area (Å²) in [5, 5.41) is 0. The van der Waals surface area contributed by atoms with Crippen LogP contribution in [0.4, 0.5) is 0 Å². The highest BCUT2D eigenvalue weighted by Crippen LogP contribution is 2.39. The second kappa shape index (κ2) is 5.03. The van der Waals surface area contributed by atoms with Crippen LogP contribution < -0.4 is 5.73 Å².